The lowest BCUT2D eigenvalue weighted by molar-refractivity contribution is -0.135. The Morgan fingerprint density at radius 2 is 1.77 bits per heavy atom. The maximum atomic E-state index is 13.6. The number of benzene rings is 2. The van der Waals surface area contributed by atoms with E-state index in [0.717, 1.165) is 64.0 Å². The molecule has 2 amide bonds. The molecule has 0 aliphatic carbocycles. The predicted molar refractivity (Wildman–Crippen MR) is 153 cm³/mol. The molecule has 0 radical (unpaired) electrons. The van der Waals surface area contributed by atoms with Gasteiger partial charge in [-0.3, -0.25) is 14.5 Å². The summed E-state index contributed by atoms with van der Waals surface area (Å²) in [5, 5.41) is 6.25. The van der Waals surface area contributed by atoms with E-state index in [4.69, 9.17) is 9.47 Å². The molecule has 1 spiro atoms. The molecule has 39 heavy (non-hydrogen) atoms. The molecule has 0 bridgehead atoms. The Morgan fingerprint density at radius 1 is 1.03 bits per heavy atom. The van der Waals surface area contributed by atoms with E-state index in [0.29, 0.717) is 31.1 Å². The molecular formula is C31H44N4O4. The van der Waals surface area contributed by atoms with E-state index in [9.17, 15) is 9.59 Å². The minimum Gasteiger partial charge on any atom is -0.492 e. The fourth-order valence-electron chi connectivity index (χ4n) is 5.32. The fraction of sp³-hybridized carbons (Fsp3) is 0.548. The van der Waals surface area contributed by atoms with Crippen LogP contribution < -0.4 is 20.1 Å². The van der Waals surface area contributed by atoms with Crippen molar-refractivity contribution in [2.75, 3.05) is 53.5 Å². The van der Waals surface area contributed by atoms with E-state index < -0.39 is 0 Å². The number of likely N-dealkylation sites (N-methyl/N-ethyl adjacent to an activating group) is 1. The molecule has 2 aromatic rings. The van der Waals surface area contributed by atoms with Crippen LogP contribution in [0.1, 0.15) is 54.9 Å². The molecule has 0 unspecified atom stereocenters. The van der Waals surface area contributed by atoms with Crippen molar-refractivity contribution in [1.82, 2.24) is 20.4 Å². The summed E-state index contributed by atoms with van der Waals surface area (Å²) in [4.78, 5) is 30.9. The molecule has 4 rings (SSSR count). The van der Waals surface area contributed by atoms with Gasteiger partial charge in [0.1, 0.15) is 24.7 Å². The minimum atomic E-state index is -0.388. The number of likely N-dealkylation sites (tertiary alicyclic amines) is 1. The van der Waals surface area contributed by atoms with Crippen LogP contribution in [0.4, 0.5) is 0 Å². The first kappa shape index (κ1) is 28.9. The van der Waals surface area contributed by atoms with Gasteiger partial charge in [0.25, 0.3) is 5.91 Å². The molecular weight excluding hydrogens is 492 g/mol. The van der Waals surface area contributed by atoms with Crippen molar-refractivity contribution >= 4 is 11.8 Å². The lowest BCUT2D eigenvalue weighted by Gasteiger charge is -2.41. The highest BCUT2D eigenvalue weighted by molar-refractivity contribution is 5.96. The molecule has 2 N–H and O–H groups in total. The van der Waals surface area contributed by atoms with Gasteiger partial charge in [-0.2, -0.15) is 0 Å². The van der Waals surface area contributed by atoms with Gasteiger partial charge in [-0.1, -0.05) is 30.7 Å². The molecule has 212 valence electrons. The Hall–Kier alpha value is -3.10. The van der Waals surface area contributed by atoms with Crippen molar-refractivity contribution in [3.8, 4) is 11.5 Å². The molecule has 0 saturated carbocycles. The van der Waals surface area contributed by atoms with E-state index in [1.807, 2.05) is 45.3 Å². The van der Waals surface area contributed by atoms with Gasteiger partial charge in [0.05, 0.1) is 17.0 Å². The Bertz CT molecular complexity index is 1080. The lowest BCUT2D eigenvalue weighted by atomic mass is 9.73. The SMILES string of the molecule is C[C@@H]1COc2ccccc2C(=O)NCCCCC2(CCN(Cc3ccc(OCCN(C)C)cc3)CC2)C(=O)N1. The topological polar surface area (TPSA) is 83.1 Å². The van der Waals surface area contributed by atoms with E-state index in [2.05, 4.69) is 32.6 Å². The number of nitrogens with one attached hydrogen (secondary N) is 2. The molecule has 2 heterocycles. The summed E-state index contributed by atoms with van der Waals surface area (Å²) in [7, 11) is 4.08. The number of nitrogens with zero attached hydrogens (tertiary/aromatic N) is 2. The number of carbonyl (C=O) groups is 2. The van der Waals surface area contributed by atoms with Gasteiger partial charge in [-0.25, -0.2) is 0 Å². The summed E-state index contributed by atoms with van der Waals surface area (Å²) in [6, 6.07) is 15.5. The average Bonchev–Trinajstić information content (AvgIpc) is 2.93. The Balaban J connectivity index is 1.34. The molecule has 1 saturated heterocycles. The zero-order chi connectivity index (χ0) is 27.7. The Morgan fingerprint density at radius 3 is 2.51 bits per heavy atom. The predicted octanol–water partition coefficient (Wildman–Crippen LogP) is 3.71. The Kier molecular flexibility index (Phi) is 10.2. The highest BCUT2D eigenvalue weighted by Gasteiger charge is 2.41. The van der Waals surface area contributed by atoms with Crippen molar-refractivity contribution in [3.05, 3.63) is 59.7 Å². The van der Waals surface area contributed by atoms with Crippen molar-refractivity contribution in [1.29, 1.82) is 0 Å². The number of para-hydroxylation sites is 1. The number of hydrogen-bond donors (Lipinski definition) is 2. The number of amides is 2. The van der Waals surface area contributed by atoms with Crippen LogP contribution in [0.5, 0.6) is 11.5 Å². The van der Waals surface area contributed by atoms with Gasteiger partial charge in [0.2, 0.25) is 5.91 Å². The van der Waals surface area contributed by atoms with Crippen molar-refractivity contribution in [3.63, 3.8) is 0 Å². The van der Waals surface area contributed by atoms with Crippen LogP contribution in [0.15, 0.2) is 48.5 Å². The van der Waals surface area contributed by atoms with E-state index >= 15 is 0 Å². The first-order valence-corrected chi connectivity index (χ1v) is 14.2. The maximum absolute atomic E-state index is 13.6. The Labute approximate surface area is 233 Å². The molecule has 2 aromatic carbocycles. The van der Waals surface area contributed by atoms with Gasteiger partial charge in [0, 0.05) is 19.6 Å². The van der Waals surface area contributed by atoms with Crippen LogP contribution >= 0.6 is 0 Å². The van der Waals surface area contributed by atoms with Gasteiger partial charge in [-0.15, -0.1) is 0 Å². The molecule has 0 aromatic heterocycles. The molecule has 1 atom stereocenters. The molecule has 8 nitrogen and oxygen atoms in total. The second-order valence-corrected chi connectivity index (χ2v) is 11.2. The zero-order valence-corrected chi connectivity index (χ0v) is 23.7. The van der Waals surface area contributed by atoms with Crippen molar-refractivity contribution in [2.45, 2.75) is 51.6 Å². The first-order valence-electron chi connectivity index (χ1n) is 14.2. The highest BCUT2D eigenvalue weighted by atomic mass is 16.5. The van der Waals surface area contributed by atoms with Gasteiger partial charge >= 0.3 is 0 Å². The van der Waals surface area contributed by atoms with Crippen molar-refractivity contribution in [2.24, 2.45) is 5.41 Å². The summed E-state index contributed by atoms with van der Waals surface area (Å²) in [6.07, 6.45) is 4.22. The quantitative estimate of drug-likeness (QED) is 0.586. The molecule has 2 aliphatic heterocycles. The van der Waals surface area contributed by atoms with Gasteiger partial charge in [0.15, 0.2) is 0 Å². The number of rotatable bonds is 6. The number of piperidine rings is 1. The normalized spacial score (nSPS) is 20.9. The summed E-state index contributed by atoms with van der Waals surface area (Å²) in [5.74, 6) is 1.46. The third-order valence-corrected chi connectivity index (χ3v) is 7.80. The van der Waals surface area contributed by atoms with E-state index in [1.54, 1.807) is 12.1 Å². The number of fused-ring (bicyclic) bond motifs is 1. The first-order chi connectivity index (χ1) is 18.8. The van der Waals surface area contributed by atoms with Crippen molar-refractivity contribution < 1.29 is 19.1 Å². The van der Waals surface area contributed by atoms with Crippen LogP contribution in [0, 0.1) is 5.41 Å². The smallest absolute Gasteiger partial charge is 0.255 e. The van der Waals surface area contributed by atoms with E-state index in [-0.39, 0.29) is 23.3 Å². The summed E-state index contributed by atoms with van der Waals surface area (Å²) in [6.45, 7) is 7.04. The summed E-state index contributed by atoms with van der Waals surface area (Å²) in [5.41, 5.74) is 1.40. The molecule has 2 aliphatic rings. The fourth-order valence-corrected chi connectivity index (χ4v) is 5.32. The molecule has 1 fully saturated rings. The second-order valence-electron chi connectivity index (χ2n) is 11.2. The lowest BCUT2D eigenvalue weighted by Crippen LogP contribution is -2.51. The van der Waals surface area contributed by atoms with Crippen LogP contribution in [0.3, 0.4) is 0 Å². The number of carbonyl (C=O) groups excluding carboxylic acids is 2. The van der Waals surface area contributed by atoms with Crippen LogP contribution in [0.25, 0.3) is 0 Å². The number of hydrogen-bond acceptors (Lipinski definition) is 6. The maximum Gasteiger partial charge on any atom is 0.255 e. The number of ether oxygens (including phenoxy) is 2. The summed E-state index contributed by atoms with van der Waals surface area (Å²) >= 11 is 0. The van der Waals surface area contributed by atoms with E-state index in [1.165, 1.54) is 5.56 Å². The minimum absolute atomic E-state index is 0.115. The summed E-state index contributed by atoms with van der Waals surface area (Å²) < 4.78 is 11.8. The van der Waals surface area contributed by atoms with Gasteiger partial charge < -0.3 is 25.0 Å². The third-order valence-electron chi connectivity index (χ3n) is 7.80. The standard InChI is InChI=1S/C31H44N4O4/c1-24-23-39-28-9-5-4-8-27(28)29(36)32-17-7-6-14-31(30(37)33-24)15-18-35(19-16-31)22-25-10-12-26(13-11-25)38-21-20-34(2)3/h4-5,8-13,24H,6-7,14-23H2,1-3H3,(H,32,36)(H,33,37)/t24-/m1/s1. The van der Waals surface area contributed by atoms with Gasteiger partial charge in [-0.05, 0) is 89.6 Å². The largest absolute Gasteiger partial charge is 0.492 e. The third kappa shape index (κ3) is 8.19. The van der Waals surface area contributed by atoms with Crippen LogP contribution in [0.2, 0.25) is 0 Å². The van der Waals surface area contributed by atoms with Crippen LogP contribution in [-0.2, 0) is 11.3 Å². The molecule has 8 heteroatoms. The van der Waals surface area contributed by atoms with Crippen LogP contribution in [-0.4, -0.2) is 81.1 Å². The second kappa shape index (κ2) is 13.8. The highest BCUT2D eigenvalue weighted by Crippen LogP contribution is 2.38. The zero-order valence-electron chi connectivity index (χ0n) is 23.7. The average molecular weight is 537 g/mol. The monoisotopic (exact) mass is 536 g/mol.